The highest BCUT2D eigenvalue weighted by molar-refractivity contribution is 7.07. The largest absolute Gasteiger partial charge is 0.396 e. The Morgan fingerprint density at radius 3 is 3.00 bits per heavy atom. The van der Waals surface area contributed by atoms with Crippen molar-refractivity contribution in [3.8, 4) is 0 Å². The van der Waals surface area contributed by atoms with E-state index in [9.17, 15) is 4.79 Å². The molecule has 0 radical (unpaired) electrons. The van der Waals surface area contributed by atoms with Crippen LogP contribution in [-0.2, 0) is 6.54 Å². The first-order valence-corrected chi connectivity index (χ1v) is 7.60. The van der Waals surface area contributed by atoms with Crippen LogP contribution in [0.1, 0.15) is 31.4 Å². The fourth-order valence-electron chi connectivity index (χ4n) is 2.75. The predicted molar refractivity (Wildman–Crippen MR) is 74.2 cm³/mol. The van der Waals surface area contributed by atoms with Crippen LogP contribution in [0.4, 0.5) is 0 Å². The molecule has 102 valence electrons. The minimum Gasteiger partial charge on any atom is -0.396 e. The Morgan fingerprint density at radius 2 is 2.33 bits per heavy atom. The predicted octanol–water partition coefficient (Wildman–Crippen LogP) is 1.46. The van der Waals surface area contributed by atoms with Crippen molar-refractivity contribution in [1.29, 1.82) is 0 Å². The number of likely N-dealkylation sites (tertiary alicyclic amines) is 1. The van der Waals surface area contributed by atoms with Crippen LogP contribution in [0, 0.1) is 6.92 Å². The van der Waals surface area contributed by atoms with Gasteiger partial charge in [-0.05, 0) is 39.2 Å². The van der Waals surface area contributed by atoms with E-state index in [-0.39, 0.29) is 11.5 Å². The van der Waals surface area contributed by atoms with Crippen LogP contribution in [0.2, 0.25) is 0 Å². The fourth-order valence-corrected chi connectivity index (χ4v) is 3.51. The number of rotatable bonds is 6. The molecule has 1 atom stereocenters. The molecular formula is C13H22N2O2S. The monoisotopic (exact) mass is 270 g/mol. The molecule has 0 spiro atoms. The molecule has 0 aromatic carbocycles. The molecule has 5 heteroatoms. The average Bonchev–Trinajstić information content (AvgIpc) is 2.93. The van der Waals surface area contributed by atoms with Crippen molar-refractivity contribution >= 4 is 11.3 Å². The third-order valence-corrected chi connectivity index (χ3v) is 4.66. The number of aliphatic hydroxyl groups is 1. The van der Waals surface area contributed by atoms with Gasteiger partial charge in [0.1, 0.15) is 0 Å². The van der Waals surface area contributed by atoms with Crippen molar-refractivity contribution in [2.24, 2.45) is 0 Å². The lowest BCUT2D eigenvalue weighted by molar-refractivity contribution is 0.210. The minimum atomic E-state index is 0.151. The number of aliphatic hydroxyl groups excluding tert-OH is 1. The van der Waals surface area contributed by atoms with Crippen molar-refractivity contribution in [3.63, 3.8) is 0 Å². The van der Waals surface area contributed by atoms with Crippen LogP contribution in [0.25, 0.3) is 0 Å². The van der Waals surface area contributed by atoms with Crippen molar-refractivity contribution in [1.82, 2.24) is 9.47 Å². The summed E-state index contributed by atoms with van der Waals surface area (Å²) in [6, 6.07) is 0.604. The molecule has 18 heavy (non-hydrogen) atoms. The summed E-state index contributed by atoms with van der Waals surface area (Å²) < 4.78 is 1.87. The van der Waals surface area contributed by atoms with E-state index in [1.54, 1.807) is 0 Å². The maximum atomic E-state index is 11.6. The van der Waals surface area contributed by atoms with Gasteiger partial charge in [0.05, 0.1) is 0 Å². The standard InChI is InChI=1S/C13H22N2O2S/c1-11-10-18-13(17)15(11)8-7-14-6-2-4-12(14)5-3-9-16/h10,12,16H,2-9H2,1H3. The van der Waals surface area contributed by atoms with Crippen LogP contribution < -0.4 is 4.87 Å². The molecule has 0 saturated carbocycles. The van der Waals surface area contributed by atoms with Crippen LogP contribution in [0.15, 0.2) is 10.2 Å². The summed E-state index contributed by atoms with van der Waals surface area (Å²) in [5, 5.41) is 10.8. The second-order valence-corrected chi connectivity index (χ2v) is 5.81. The molecule has 1 unspecified atom stereocenters. The van der Waals surface area contributed by atoms with Gasteiger partial charge in [-0.2, -0.15) is 0 Å². The minimum absolute atomic E-state index is 0.151. The quantitative estimate of drug-likeness (QED) is 0.851. The van der Waals surface area contributed by atoms with Gasteiger partial charge in [0.25, 0.3) is 0 Å². The normalized spacial score (nSPS) is 20.7. The van der Waals surface area contributed by atoms with Gasteiger partial charge in [0.15, 0.2) is 0 Å². The van der Waals surface area contributed by atoms with Crippen molar-refractivity contribution < 1.29 is 5.11 Å². The van der Waals surface area contributed by atoms with Gasteiger partial charge in [-0.3, -0.25) is 9.69 Å². The Labute approximate surface area is 112 Å². The number of aromatic nitrogens is 1. The van der Waals surface area contributed by atoms with Gasteiger partial charge >= 0.3 is 4.87 Å². The number of hydrogen-bond acceptors (Lipinski definition) is 4. The summed E-state index contributed by atoms with van der Waals surface area (Å²) in [6.45, 7) is 5.16. The van der Waals surface area contributed by atoms with E-state index in [1.807, 2.05) is 16.9 Å². The van der Waals surface area contributed by atoms with Crippen LogP contribution in [-0.4, -0.2) is 40.3 Å². The molecule has 1 fully saturated rings. The van der Waals surface area contributed by atoms with Crippen molar-refractivity contribution in [2.75, 3.05) is 19.7 Å². The first-order chi connectivity index (χ1) is 8.72. The van der Waals surface area contributed by atoms with E-state index in [2.05, 4.69) is 4.90 Å². The van der Waals surface area contributed by atoms with E-state index in [0.29, 0.717) is 6.04 Å². The Bertz CT molecular complexity index is 427. The molecule has 2 heterocycles. The lowest BCUT2D eigenvalue weighted by Gasteiger charge is -2.24. The molecule has 0 bridgehead atoms. The van der Waals surface area contributed by atoms with E-state index >= 15 is 0 Å². The molecule has 0 amide bonds. The number of nitrogens with zero attached hydrogens (tertiary/aromatic N) is 2. The molecule has 1 saturated heterocycles. The molecule has 4 nitrogen and oxygen atoms in total. The summed E-state index contributed by atoms with van der Waals surface area (Å²) in [4.78, 5) is 14.3. The van der Waals surface area contributed by atoms with E-state index in [0.717, 1.165) is 38.2 Å². The molecule has 2 rings (SSSR count). The molecule has 0 aliphatic carbocycles. The summed E-state index contributed by atoms with van der Waals surface area (Å²) in [6.07, 6.45) is 4.44. The van der Waals surface area contributed by atoms with Crippen molar-refractivity contribution in [2.45, 2.75) is 45.2 Å². The highest BCUT2D eigenvalue weighted by Gasteiger charge is 2.23. The Hall–Kier alpha value is -0.650. The average molecular weight is 270 g/mol. The first kappa shape index (κ1) is 13.8. The Balaban J connectivity index is 1.87. The maximum Gasteiger partial charge on any atom is 0.307 e. The number of thiazole rings is 1. The Kier molecular flexibility index (Phi) is 4.97. The van der Waals surface area contributed by atoms with Crippen LogP contribution in [0.3, 0.4) is 0 Å². The maximum absolute atomic E-state index is 11.6. The SMILES string of the molecule is Cc1csc(=O)n1CCN1CCCC1CCCO. The lowest BCUT2D eigenvalue weighted by atomic mass is 10.1. The number of aryl methyl sites for hydroxylation is 1. The number of hydrogen-bond donors (Lipinski definition) is 1. The topological polar surface area (TPSA) is 45.5 Å². The van der Waals surface area contributed by atoms with Crippen molar-refractivity contribution in [3.05, 3.63) is 20.7 Å². The second kappa shape index (κ2) is 6.50. The van der Waals surface area contributed by atoms with Gasteiger partial charge in [0, 0.05) is 36.8 Å². The van der Waals surface area contributed by atoms with Gasteiger partial charge in [-0.25, -0.2) is 0 Å². The van der Waals surface area contributed by atoms with Crippen LogP contribution >= 0.6 is 11.3 Å². The molecule has 1 aliphatic heterocycles. The van der Waals surface area contributed by atoms with Gasteiger partial charge in [0.2, 0.25) is 0 Å². The zero-order valence-corrected chi connectivity index (χ0v) is 11.8. The lowest BCUT2D eigenvalue weighted by Crippen LogP contribution is -2.34. The Morgan fingerprint density at radius 1 is 1.50 bits per heavy atom. The third kappa shape index (κ3) is 3.22. The van der Waals surface area contributed by atoms with E-state index in [4.69, 9.17) is 5.11 Å². The summed E-state index contributed by atoms with van der Waals surface area (Å²) >= 11 is 1.28. The highest BCUT2D eigenvalue weighted by atomic mass is 32.1. The second-order valence-electron chi connectivity index (χ2n) is 4.99. The van der Waals surface area contributed by atoms with E-state index < -0.39 is 0 Å². The summed E-state index contributed by atoms with van der Waals surface area (Å²) in [7, 11) is 0. The molecule has 1 aliphatic rings. The zero-order chi connectivity index (χ0) is 13.0. The third-order valence-electron chi connectivity index (χ3n) is 3.78. The summed E-state index contributed by atoms with van der Waals surface area (Å²) in [5.41, 5.74) is 1.07. The molecule has 1 aromatic rings. The molecule has 1 N–H and O–H groups in total. The molecular weight excluding hydrogens is 248 g/mol. The van der Waals surface area contributed by atoms with Gasteiger partial charge in [-0.1, -0.05) is 11.3 Å². The highest BCUT2D eigenvalue weighted by Crippen LogP contribution is 2.21. The summed E-state index contributed by atoms with van der Waals surface area (Å²) in [5.74, 6) is 0. The van der Waals surface area contributed by atoms with Crippen LogP contribution in [0.5, 0.6) is 0 Å². The zero-order valence-electron chi connectivity index (χ0n) is 11.0. The molecule has 1 aromatic heterocycles. The van der Waals surface area contributed by atoms with Gasteiger partial charge < -0.3 is 9.67 Å². The first-order valence-electron chi connectivity index (χ1n) is 6.72. The van der Waals surface area contributed by atoms with Gasteiger partial charge in [-0.15, -0.1) is 0 Å². The van der Waals surface area contributed by atoms with E-state index in [1.165, 1.54) is 24.2 Å². The smallest absolute Gasteiger partial charge is 0.307 e. The fraction of sp³-hybridized carbons (Fsp3) is 0.769.